The Morgan fingerprint density at radius 3 is 3.00 bits per heavy atom. The van der Waals surface area contributed by atoms with E-state index in [1.807, 2.05) is 13.0 Å². The molecule has 0 saturated carbocycles. The highest BCUT2D eigenvalue weighted by atomic mass is 16.5. The zero-order valence-corrected chi connectivity index (χ0v) is 5.05. The number of ether oxygens (including phenoxy) is 1. The molecule has 48 valence electrons. The minimum Gasteiger partial charge on any atom is -0.411 e. The number of H-pyrrole nitrogens is 1. The van der Waals surface area contributed by atoms with E-state index in [1.54, 1.807) is 6.20 Å². The van der Waals surface area contributed by atoms with Crippen LogP contribution >= 0.6 is 0 Å². The molecule has 0 radical (unpaired) electrons. The second kappa shape index (κ2) is 2.35. The van der Waals surface area contributed by atoms with Gasteiger partial charge in [0.25, 0.3) is 6.47 Å². The molecule has 0 unspecified atom stereocenters. The standard InChI is InChI=1S/C6H7NO2/c1-5-2-3-7-6(5)9-4-8/h2-4,7H,1H3. The van der Waals surface area contributed by atoms with Crippen LogP contribution in [0.5, 0.6) is 5.88 Å². The van der Waals surface area contributed by atoms with Gasteiger partial charge in [-0.25, -0.2) is 0 Å². The highest BCUT2D eigenvalue weighted by Gasteiger charge is 1.95. The van der Waals surface area contributed by atoms with E-state index in [4.69, 9.17) is 0 Å². The summed E-state index contributed by atoms with van der Waals surface area (Å²) < 4.78 is 4.54. The monoisotopic (exact) mass is 125 g/mol. The molecule has 0 aliphatic rings. The Morgan fingerprint density at radius 2 is 2.56 bits per heavy atom. The average Bonchev–Trinajstić information content (AvgIpc) is 2.18. The predicted octanol–water partition coefficient (Wildman–Crippen LogP) is 0.858. The first-order chi connectivity index (χ1) is 4.34. The van der Waals surface area contributed by atoms with E-state index >= 15 is 0 Å². The SMILES string of the molecule is Cc1cc[nH]c1OC=O. The van der Waals surface area contributed by atoms with Gasteiger partial charge in [-0.1, -0.05) is 0 Å². The Morgan fingerprint density at radius 1 is 1.78 bits per heavy atom. The van der Waals surface area contributed by atoms with Gasteiger partial charge < -0.3 is 9.72 Å². The zero-order valence-electron chi connectivity index (χ0n) is 5.05. The summed E-state index contributed by atoms with van der Waals surface area (Å²) >= 11 is 0. The maximum atomic E-state index is 9.78. The number of aromatic amines is 1. The summed E-state index contributed by atoms with van der Waals surface area (Å²) in [5, 5.41) is 0. The molecular weight excluding hydrogens is 118 g/mol. The molecule has 1 heterocycles. The van der Waals surface area contributed by atoms with Gasteiger partial charge in [-0.2, -0.15) is 0 Å². The fraction of sp³-hybridized carbons (Fsp3) is 0.167. The van der Waals surface area contributed by atoms with Crippen LogP contribution in [0.3, 0.4) is 0 Å². The number of aromatic nitrogens is 1. The number of aryl methyl sites for hydroxylation is 1. The van der Waals surface area contributed by atoms with Gasteiger partial charge in [-0.3, -0.25) is 4.79 Å². The summed E-state index contributed by atoms with van der Waals surface area (Å²) in [6.07, 6.45) is 1.72. The molecule has 0 amide bonds. The first kappa shape index (κ1) is 5.88. The lowest BCUT2D eigenvalue weighted by atomic mass is 10.4. The molecule has 1 N–H and O–H groups in total. The molecule has 1 aromatic heterocycles. The second-order valence-electron chi connectivity index (χ2n) is 1.70. The van der Waals surface area contributed by atoms with Crippen molar-refractivity contribution in [2.24, 2.45) is 0 Å². The average molecular weight is 125 g/mol. The maximum absolute atomic E-state index is 9.78. The molecule has 0 atom stereocenters. The van der Waals surface area contributed by atoms with Crippen molar-refractivity contribution in [2.45, 2.75) is 6.92 Å². The number of hydrogen-bond donors (Lipinski definition) is 1. The van der Waals surface area contributed by atoms with E-state index in [2.05, 4.69) is 9.72 Å². The molecule has 0 bridgehead atoms. The number of nitrogens with one attached hydrogen (secondary N) is 1. The normalized spacial score (nSPS) is 9.00. The molecule has 1 rings (SSSR count). The number of carbonyl (C=O) groups is 1. The highest BCUT2D eigenvalue weighted by molar-refractivity contribution is 5.44. The van der Waals surface area contributed by atoms with Gasteiger partial charge in [-0.15, -0.1) is 0 Å². The third-order valence-corrected chi connectivity index (χ3v) is 1.07. The third-order valence-electron chi connectivity index (χ3n) is 1.07. The lowest BCUT2D eigenvalue weighted by Gasteiger charge is -1.91. The van der Waals surface area contributed by atoms with Crippen molar-refractivity contribution >= 4 is 6.47 Å². The summed E-state index contributed by atoms with van der Waals surface area (Å²) in [6, 6.07) is 1.83. The number of rotatable bonds is 2. The van der Waals surface area contributed by atoms with Crippen molar-refractivity contribution in [2.75, 3.05) is 0 Å². The summed E-state index contributed by atoms with van der Waals surface area (Å²) in [6.45, 7) is 2.26. The lowest BCUT2D eigenvalue weighted by Crippen LogP contribution is -1.89. The number of hydrogen-bond acceptors (Lipinski definition) is 2. The molecule has 3 nitrogen and oxygen atoms in total. The largest absolute Gasteiger partial charge is 0.411 e. The minimum absolute atomic E-state index is 0.402. The lowest BCUT2D eigenvalue weighted by molar-refractivity contribution is -0.120. The molecule has 0 saturated heterocycles. The third kappa shape index (κ3) is 1.10. The first-order valence-corrected chi connectivity index (χ1v) is 2.59. The van der Waals surface area contributed by atoms with Crippen LogP contribution in [0.15, 0.2) is 12.3 Å². The Kier molecular flexibility index (Phi) is 1.53. The topological polar surface area (TPSA) is 42.1 Å². The quantitative estimate of drug-likeness (QED) is 0.595. The maximum Gasteiger partial charge on any atom is 0.299 e. The van der Waals surface area contributed by atoms with Crippen LogP contribution in [0.1, 0.15) is 5.56 Å². The molecule has 1 aromatic rings. The van der Waals surface area contributed by atoms with E-state index in [1.165, 1.54) is 0 Å². The van der Waals surface area contributed by atoms with Gasteiger partial charge in [0, 0.05) is 11.8 Å². The van der Waals surface area contributed by atoms with Crippen LogP contribution in [0.25, 0.3) is 0 Å². The van der Waals surface area contributed by atoms with Crippen molar-refractivity contribution in [1.82, 2.24) is 4.98 Å². The Hall–Kier alpha value is -1.25. The Bertz CT molecular complexity index is 205. The van der Waals surface area contributed by atoms with Crippen molar-refractivity contribution in [3.8, 4) is 5.88 Å². The van der Waals surface area contributed by atoms with Crippen LogP contribution in [0, 0.1) is 6.92 Å². The minimum atomic E-state index is 0.402. The molecule has 0 aliphatic heterocycles. The van der Waals surface area contributed by atoms with Crippen LogP contribution in [-0.4, -0.2) is 11.5 Å². The second-order valence-corrected chi connectivity index (χ2v) is 1.70. The Balaban J connectivity index is 2.80. The van der Waals surface area contributed by atoms with E-state index < -0.39 is 0 Å². The molecule has 9 heavy (non-hydrogen) atoms. The Labute approximate surface area is 52.6 Å². The van der Waals surface area contributed by atoms with Crippen molar-refractivity contribution in [3.05, 3.63) is 17.8 Å². The van der Waals surface area contributed by atoms with Gasteiger partial charge in [0.2, 0.25) is 5.88 Å². The predicted molar refractivity (Wildman–Crippen MR) is 32.2 cm³/mol. The van der Waals surface area contributed by atoms with E-state index in [9.17, 15) is 4.79 Å². The smallest absolute Gasteiger partial charge is 0.299 e. The highest BCUT2D eigenvalue weighted by Crippen LogP contribution is 2.11. The van der Waals surface area contributed by atoms with Gasteiger partial charge in [0.05, 0.1) is 0 Å². The fourth-order valence-electron chi connectivity index (χ4n) is 0.607. The van der Waals surface area contributed by atoms with E-state index in [-0.39, 0.29) is 0 Å². The van der Waals surface area contributed by atoms with Crippen LogP contribution in [0.4, 0.5) is 0 Å². The van der Waals surface area contributed by atoms with Crippen LogP contribution < -0.4 is 4.74 Å². The molecule has 0 fully saturated rings. The summed E-state index contributed by atoms with van der Waals surface area (Å²) in [5.74, 6) is 0.519. The first-order valence-electron chi connectivity index (χ1n) is 2.59. The van der Waals surface area contributed by atoms with Gasteiger partial charge >= 0.3 is 0 Å². The van der Waals surface area contributed by atoms with E-state index in [0.717, 1.165) is 5.56 Å². The summed E-state index contributed by atoms with van der Waals surface area (Å²) in [7, 11) is 0. The molecule has 0 spiro atoms. The molecule has 3 heteroatoms. The number of carbonyl (C=O) groups excluding carboxylic acids is 1. The van der Waals surface area contributed by atoms with Gasteiger partial charge in [-0.05, 0) is 13.0 Å². The van der Waals surface area contributed by atoms with Gasteiger partial charge in [0.15, 0.2) is 0 Å². The molecular formula is C6H7NO2. The van der Waals surface area contributed by atoms with Crippen molar-refractivity contribution in [1.29, 1.82) is 0 Å². The molecule has 0 aliphatic carbocycles. The zero-order chi connectivity index (χ0) is 6.69. The van der Waals surface area contributed by atoms with E-state index in [0.29, 0.717) is 12.4 Å². The summed E-state index contributed by atoms with van der Waals surface area (Å²) in [4.78, 5) is 12.5. The van der Waals surface area contributed by atoms with Crippen LogP contribution in [0.2, 0.25) is 0 Å². The van der Waals surface area contributed by atoms with Gasteiger partial charge in [0.1, 0.15) is 0 Å². The van der Waals surface area contributed by atoms with Crippen molar-refractivity contribution in [3.63, 3.8) is 0 Å². The summed E-state index contributed by atoms with van der Waals surface area (Å²) in [5.41, 5.74) is 0.933. The fourth-order valence-corrected chi connectivity index (χ4v) is 0.607. The van der Waals surface area contributed by atoms with Crippen molar-refractivity contribution < 1.29 is 9.53 Å². The van der Waals surface area contributed by atoms with Crippen LogP contribution in [-0.2, 0) is 4.79 Å². The molecule has 0 aromatic carbocycles.